The minimum absolute atomic E-state index is 0.483. The molecule has 1 aromatic rings. The van der Waals surface area contributed by atoms with E-state index in [4.69, 9.17) is 51.4 Å². The first-order valence-corrected chi connectivity index (χ1v) is 18.3. The fourth-order valence-corrected chi connectivity index (χ4v) is 8.65. The van der Waals surface area contributed by atoms with Crippen LogP contribution >= 0.6 is 58.2 Å². The molecule has 1 aliphatic rings. The number of hydrogen-bond acceptors (Lipinski definition) is 1. The van der Waals surface area contributed by atoms with Crippen molar-refractivity contribution >= 4 is 67.6 Å². The van der Waals surface area contributed by atoms with Gasteiger partial charge < -0.3 is 40.2 Å². The maximum Gasteiger partial charge on any atom is 0.564 e. The van der Waals surface area contributed by atoms with Crippen LogP contribution < -0.4 is 0 Å². The standard InChI is InChI=1S/C17H26ClNP.Al.4ClH/c1-14(2)19(15(3)4)20(18)12-8-11-17(20)13-16-9-6-5-7-10-16;;;;;/h5-11,14-15,17H,12-13H2,1-4H3;;4*1H/q+1;+3;;;;/p-4/t17-,20?;;;;;/m0...../s1. The summed E-state index contributed by atoms with van der Waals surface area (Å²) in [6.45, 7) is 7.44. The molecule has 0 aliphatic carbocycles. The van der Waals surface area contributed by atoms with Gasteiger partial charge in [0.25, 0.3) is 0 Å². The maximum absolute atomic E-state index is 7.22. The van der Waals surface area contributed by atoms with Crippen LogP contribution in [0, 0.1) is 0 Å². The van der Waals surface area contributed by atoms with Crippen LogP contribution in [-0.2, 0) is 6.42 Å². The second-order valence-electron chi connectivity index (χ2n) is 6.66. The lowest BCUT2D eigenvalue weighted by Crippen LogP contribution is -2.38. The lowest BCUT2D eigenvalue weighted by atomic mass is 10.1. The van der Waals surface area contributed by atoms with E-state index < -0.39 is 16.2 Å². The average Bonchev–Trinajstić information content (AvgIpc) is 2.78. The number of hydrogen-bond donors (Lipinski definition) is 0. The number of halogens is 5. The molecule has 0 N–H and O–H groups in total. The quantitative estimate of drug-likeness (QED) is 0.237. The average molecular weight is 480 g/mol. The van der Waals surface area contributed by atoms with Crippen LogP contribution in [0.3, 0.4) is 0 Å². The SMILES string of the molecule is CC(C)N(C(C)C)[P+]1(Cl)CC=C[C@H]1Cc1ccccc1.[Cl][Al-]([Cl])([Cl])[Cl]. The van der Waals surface area contributed by atoms with E-state index in [1.54, 1.807) is 0 Å². The minimum atomic E-state index is -2.94. The van der Waals surface area contributed by atoms with Gasteiger partial charge in [-0.15, -0.1) is 0 Å². The molecule has 0 saturated heterocycles. The molecule has 0 amide bonds. The molecule has 0 fully saturated rings. The van der Waals surface area contributed by atoms with Gasteiger partial charge in [0.2, 0.25) is 0 Å². The van der Waals surface area contributed by atoms with Crippen LogP contribution in [0.5, 0.6) is 0 Å². The van der Waals surface area contributed by atoms with Crippen molar-refractivity contribution in [2.45, 2.75) is 51.9 Å². The van der Waals surface area contributed by atoms with E-state index >= 15 is 0 Å². The normalized spacial score (nSPS) is 23.3. The molecule has 8 heteroatoms. The third-order valence-corrected chi connectivity index (χ3v) is 9.43. The molecule has 1 aromatic carbocycles. The molecule has 2 rings (SSSR count). The predicted octanol–water partition coefficient (Wildman–Crippen LogP) is 7.75. The Hall–Kier alpha value is 1.33. The van der Waals surface area contributed by atoms with Crippen LogP contribution in [-0.4, -0.2) is 38.0 Å². The lowest BCUT2D eigenvalue weighted by Gasteiger charge is -2.37. The molecule has 0 aromatic heterocycles. The second-order valence-corrected chi connectivity index (χ2v) is 24.2. The molecule has 25 heavy (non-hydrogen) atoms. The summed E-state index contributed by atoms with van der Waals surface area (Å²) in [5, 5.41) is 0. The Morgan fingerprint density at radius 2 is 1.52 bits per heavy atom. The van der Waals surface area contributed by atoms with E-state index in [1.165, 1.54) is 5.56 Å². The Labute approximate surface area is 177 Å². The van der Waals surface area contributed by atoms with Crippen molar-refractivity contribution in [2.75, 3.05) is 6.16 Å². The molecule has 0 saturated carbocycles. The van der Waals surface area contributed by atoms with Crippen LogP contribution in [0.4, 0.5) is 0 Å². The summed E-state index contributed by atoms with van der Waals surface area (Å²) in [6.07, 6.45) is 6.75. The highest BCUT2D eigenvalue weighted by atomic mass is 35.9. The summed E-state index contributed by atoms with van der Waals surface area (Å²) in [6, 6.07) is 11.7. The van der Waals surface area contributed by atoms with Crippen molar-refractivity contribution in [3.8, 4) is 0 Å². The zero-order valence-electron chi connectivity index (χ0n) is 15.0. The van der Waals surface area contributed by atoms with Crippen LogP contribution in [0.1, 0.15) is 33.3 Å². The molecule has 1 aliphatic heterocycles. The fourth-order valence-electron chi connectivity index (χ4n) is 3.33. The van der Waals surface area contributed by atoms with Crippen molar-refractivity contribution in [3.05, 3.63) is 48.0 Å². The largest absolute Gasteiger partial charge is 0.564 e. The van der Waals surface area contributed by atoms with E-state index in [1.807, 2.05) is 0 Å². The number of allylic oxidation sites excluding steroid dienone is 2. The van der Waals surface area contributed by atoms with Crippen molar-refractivity contribution in [1.82, 2.24) is 4.67 Å². The van der Waals surface area contributed by atoms with Gasteiger partial charge in [-0.1, -0.05) is 30.3 Å². The third kappa shape index (κ3) is 8.48. The van der Waals surface area contributed by atoms with E-state index in [0.717, 1.165) is 12.6 Å². The Morgan fingerprint density at radius 3 is 1.96 bits per heavy atom. The van der Waals surface area contributed by atoms with Gasteiger partial charge >= 0.3 is 9.39 Å². The topological polar surface area (TPSA) is 3.24 Å². The minimum Gasteiger partial charge on any atom is -0.391 e. The summed E-state index contributed by atoms with van der Waals surface area (Å²) < 4.78 is 2.57. The highest BCUT2D eigenvalue weighted by Gasteiger charge is 2.54. The van der Waals surface area contributed by atoms with Crippen molar-refractivity contribution in [2.24, 2.45) is 0 Å². The van der Waals surface area contributed by atoms with E-state index in [0.29, 0.717) is 17.7 Å². The van der Waals surface area contributed by atoms with E-state index in [-0.39, 0.29) is 0 Å². The van der Waals surface area contributed by atoms with Gasteiger partial charge in [0.05, 0.1) is 0 Å². The van der Waals surface area contributed by atoms with E-state index in [2.05, 4.69) is 74.8 Å². The van der Waals surface area contributed by atoms with Gasteiger partial charge in [-0.25, -0.2) is 0 Å². The monoisotopic (exact) mass is 477 g/mol. The zero-order chi connectivity index (χ0) is 19.3. The fraction of sp³-hybridized carbons (Fsp3) is 0.529. The second kappa shape index (κ2) is 10.8. The highest BCUT2D eigenvalue weighted by Crippen LogP contribution is 2.74. The van der Waals surface area contributed by atoms with Crippen LogP contribution in [0.2, 0.25) is 0 Å². The van der Waals surface area contributed by atoms with Gasteiger partial charge in [-0.3, -0.25) is 0 Å². The predicted molar refractivity (Wildman–Crippen MR) is 122 cm³/mol. The zero-order valence-corrected chi connectivity index (χ0v) is 20.9. The number of nitrogens with zero attached hydrogens (tertiary/aromatic N) is 1. The maximum atomic E-state index is 7.22. The first-order valence-electron chi connectivity index (χ1n) is 8.39. The summed E-state index contributed by atoms with van der Waals surface area (Å²) >= 11 is 7.22. The van der Waals surface area contributed by atoms with Gasteiger partial charge in [0.15, 0.2) is 6.77 Å². The molecule has 0 spiro atoms. The van der Waals surface area contributed by atoms with Crippen molar-refractivity contribution in [1.29, 1.82) is 0 Å². The summed E-state index contributed by atoms with van der Waals surface area (Å²) in [4.78, 5) is 0. The first kappa shape index (κ1) is 24.4. The number of rotatable bonds is 5. The molecule has 2 atom stereocenters. The molecular formula is C17H26AlCl5NP. The molecule has 142 valence electrons. The highest BCUT2D eigenvalue weighted by molar-refractivity contribution is 7.98. The Kier molecular flexibility index (Phi) is 10.5. The molecule has 1 nitrogen and oxygen atoms in total. The Morgan fingerprint density at radius 1 is 1.04 bits per heavy atom. The van der Waals surface area contributed by atoms with E-state index in [9.17, 15) is 0 Å². The molecule has 1 heterocycles. The van der Waals surface area contributed by atoms with Crippen LogP contribution in [0.25, 0.3) is 0 Å². The Bertz CT molecular complexity index is 536. The third-order valence-electron chi connectivity index (χ3n) is 3.96. The summed E-state index contributed by atoms with van der Waals surface area (Å²) in [5.74, 6) is 0. The molecule has 1 unspecified atom stereocenters. The van der Waals surface area contributed by atoms with Gasteiger partial charge in [0, 0.05) is 18.5 Å². The van der Waals surface area contributed by atoms with Gasteiger partial charge in [-0.05, 0) is 45.4 Å². The molecule has 0 bridgehead atoms. The lowest BCUT2D eigenvalue weighted by molar-refractivity contribution is 0.319. The van der Waals surface area contributed by atoms with Gasteiger partial charge in [0.1, 0.15) is 23.1 Å². The van der Waals surface area contributed by atoms with Gasteiger partial charge in [-0.2, -0.15) is 4.67 Å². The number of benzene rings is 1. The summed E-state index contributed by atoms with van der Waals surface area (Å²) in [7, 11) is 17.0. The smallest absolute Gasteiger partial charge is 0.391 e. The van der Waals surface area contributed by atoms with Crippen molar-refractivity contribution in [3.63, 3.8) is 0 Å². The van der Waals surface area contributed by atoms with Crippen molar-refractivity contribution < 1.29 is 0 Å². The molecular weight excluding hydrogens is 453 g/mol. The summed E-state index contributed by atoms with van der Waals surface area (Å²) in [5.41, 5.74) is 1.87. The van der Waals surface area contributed by atoms with Crippen LogP contribution in [0.15, 0.2) is 42.5 Å². The molecule has 0 radical (unpaired) electrons. The Balaban J connectivity index is 0.000000550. The first-order chi connectivity index (χ1) is 11.4.